The third kappa shape index (κ3) is 1.86. The van der Waals surface area contributed by atoms with Crippen molar-refractivity contribution in [3.63, 3.8) is 0 Å². The Morgan fingerprint density at radius 1 is 1.09 bits per heavy atom. The normalized spacial score (nSPS) is 14.2. The van der Waals surface area contributed by atoms with Gasteiger partial charge in [-0.3, -0.25) is 4.79 Å². The Hall–Kier alpha value is -2.82. The molecule has 0 fully saturated rings. The van der Waals surface area contributed by atoms with Gasteiger partial charge in [-0.15, -0.1) is 0 Å². The van der Waals surface area contributed by atoms with Crippen LogP contribution in [0.1, 0.15) is 18.5 Å². The van der Waals surface area contributed by atoms with Crippen molar-refractivity contribution < 1.29 is 9.47 Å². The average molecular weight is 294 g/mol. The number of nitrogens with zero attached hydrogens (tertiary/aromatic N) is 2. The van der Waals surface area contributed by atoms with E-state index in [1.807, 2.05) is 37.3 Å². The molecule has 5 heteroatoms. The maximum absolute atomic E-state index is 12.7. The van der Waals surface area contributed by atoms with Gasteiger partial charge in [0.15, 0.2) is 11.5 Å². The van der Waals surface area contributed by atoms with Crippen molar-refractivity contribution >= 4 is 10.8 Å². The smallest absolute Gasteiger partial charge is 0.275 e. The molecule has 4 rings (SSSR count). The molecule has 0 bridgehead atoms. The van der Waals surface area contributed by atoms with Crippen molar-refractivity contribution in [2.45, 2.75) is 13.0 Å². The molecule has 110 valence electrons. The fraction of sp³-hybridized carbons (Fsp3) is 0.176. The molecular weight excluding hydrogens is 280 g/mol. The average Bonchev–Trinajstić information content (AvgIpc) is 3.04. The summed E-state index contributed by atoms with van der Waals surface area (Å²) in [5, 5.41) is 5.61. The van der Waals surface area contributed by atoms with Crippen molar-refractivity contribution in [2.75, 3.05) is 6.79 Å². The first-order valence-corrected chi connectivity index (χ1v) is 7.11. The van der Waals surface area contributed by atoms with Crippen LogP contribution >= 0.6 is 0 Å². The summed E-state index contributed by atoms with van der Waals surface area (Å²) in [6.07, 6.45) is 1.67. The summed E-state index contributed by atoms with van der Waals surface area (Å²) in [7, 11) is 0. The first-order valence-electron chi connectivity index (χ1n) is 7.11. The lowest BCUT2D eigenvalue weighted by Crippen LogP contribution is -2.26. The van der Waals surface area contributed by atoms with Crippen molar-refractivity contribution in [1.29, 1.82) is 0 Å². The highest BCUT2D eigenvalue weighted by Crippen LogP contribution is 2.37. The van der Waals surface area contributed by atoms with Crippen LogP contribution in [0.4, 0.5) is 0 Å². The summed E-state index contributed by atoms with van der Waals surface area (Å²) in [5.41, 5.74) is 0.907. The predicted molar refractivity (Wildman–Crippen MR) is 82.4 cm³/mol. The number of hydrogen-bond acceptors (Lipinski definition) is 4. The first-order chi connectivity index (χ1) is 10.8. The molecule has 1 aliphatic heterocycles. The Kier molecular flexibility index (Phi) is 2.85. The Morgan fingerprint density at radius 2 is 1.91 bits per heavy atom. The van der Waals surface area contributed by atoms with Gasteiger partial charge < -0.3 is 9.47 Å². The molecule has 0 saturated heterocycles. The zero-order valence-corrected chi connectivity index (χ0v) is 12.0. The molecular formula is C17H14N2O3. The molecule has 3 aromatic rings. The van der Waals surface area contributed by atoms with Crippen molar-refractivity contribution in [3.8, 4) is 11.5 Å². The zero-order valence-electron chi connectivity index (χ0n) is 12.0. The quantitative estimate of drug-likeness (QED) is 0.729. The molecule has 1 unspecified atom stereocenters. The van der Waals surface area contributed by atoms with E-state index in [4.69, 9.17) is 9.47 Å². The Bertz CT molecular complexity index is 903. The molecule has 0 spiro atoms. The van der Waals surface area contributed by atoms with Crippen LogP contribution in [0.15, 0.2) is 53.5 Å². The van der Waals surface area contributed by atoms with E-state index in [-0.39, 0.29) is 18.4 Å². The molecule has 1 aliphatic rings. The van der Waals surface area contributed by atoms with Gasteiger partial charge in [0.05, 0.1) is 23.0 Å². The molecule has 0 radical (unpaired) electrons. The molecule has 5 nitrogen and oxygen atoms in total. The molecule has 2 heterocycles. The minimum atomic E-state index is -0.136. The van der Waals surface area contributed by atoms with E-state index in [0.717, 1.165) is 5.56 Å². The lowest BCUT2D eigenvalue weighted by molar-refractivity contribution is 0.175. The van der Waals surface area contributed by atoms with Crippen LogP contribution < -0.4 is 15.0 Å². The topological polar surface area (TPSA) is 53.4 Å². The lowest BCUT2D eigenvalue weighted by Gasteiger charge is -2.15. The van der Waals surface area contributed by atoms with E-state index in [9.17, 15) is 4.79 Å². The molecule has 22 heavy (non-hydrogen) atoms. The van der Waals surface area contributed by atoms with Crippen molar-refractivity contribution in [3.05, 3.63) is 64.6 Å². The summed E-state index contributed by atoms with van der Waals surface area (Å²) >= 11 is 0. The summed E-state index contributed by atoms with van der Waals surface area (Å²) in [4.78, 5) is 12.7. The lowest BCUT2D eigenvalue weighted by atomic mass is 10.1. The number of benzene rings is 2. The second-order valence-corrected chi connectivity index (χ2v) is 5.24. The van der Waals surface area contributed by atoms with Crippen LogP contribution in [0.25, 0.3) is 10.8 Å². The van der Waals surface area contributed by atoms with Gasteiger partial charge in [-0.25, -0.2) is 4.68 Å². The maximum atomic E-state index is 12.7. The van der Waals surface area contributed by atoms with Gasteiger partial charge in [0, 0.05) is 0 Å². The maximum Gasteiger partial charge on any atom is 0.275 e. The second kappa shape index (κ2) is 4.87. The molecule has 0 N–H and O–H groups in total. The highest BCUT2D eigenvalue weighted by molar-refractivity contribution is 5.89. The summed E-state index contributed by atoms with van der Waals surface area (Å²) in [6.45, 7) is 2.14. The van der Waals surface area contributed by atoms with Gasteiger partial charge in [0.2, 0.25) is 6.79 Å². The third-order valence-electron chi connectivity index (χ3n) is 3.98. The van der Waals surface area contributed by atoms with E-state index in [1.54, 1.807) is 18.3 Å². The monoisotopic (exact) mass is 294 g/mol. The molecule has 0 amide bonds. The SMILES string of the molecule is CC(c1ccccc1)n1ncc2c3c(ccc2c1=O)OCO3. The Balaban J connectivity index is 1.89. The van der Waals surface area contributed by atoms with Crippen LogP contribution in [-0.4, -0.2) is 16.6 Å². The van der Waals surface area contributed by atoms with Gasteiger partial charge in [-0.2, -0.15) is 5.10 Å². The highest BCUT2D eigenvalue weighted by Gasteiger charge is 2.20. The fourth-order valence-electron chi connectivity index (χ4n) is 2.75. The van der Waals surface area contributed by atoms with E-state index in [1.165, 1.54) is 4.68 Å². The van der Waals surface area contributed by atoms with Gasteiger partial charge in [-0.1, -0.05) is 30.3 Å². The van der Waals surface area contributed by atoms with E-state index in [2.05, 4.69) is 5.10 Å². The van der Waals surface area contributed by atoms with Crippen LogP contribution in [-0.2, 0) is 0 Å². The number of fused-ring (bicyclic) bond motifs is 3. The summed E-state index contributed by atoms with van der Waals surface area (Å²) in [6, 6.07) is 13.2. The third-order valence-corrected chi connectivity index (χ3v) is 3.98. The zero-order chi connectivity index (χ0) is 15.1. The van der Waals surface area contributed by atoms with Crippen LogP contribution in [0, 0.1) is 0 Å². The van der Waals surface area contributed by atoms with Gasteiger partial charge in [0.1, 0.15) is 0 Å². The first kappa shape index (κ1) is 12.9. The molecule has 0 saturated carbocycles. The Morgan fingerprint density at radius 3 is 2.73 bits per heavy atom. The minimum Gasteiger partial charge on any atom is -0.454 e. The highest BCUT2D eigenvalue weighted by atomic mass is 16.7. The number of aromatic nitrogens is 2. The van der Waals surface area contributed by atoms with Crippen molar-refractivity contribution in [1.82, 2.24) is 9.78 Å². The molecule has 1 aromatic heterocycles. The van der Waals surface area contributed by atoms with E-state index in [0.29, 0.717) is 22.3 Å². The summed E-state index contributed by atoms with van der Waals surface area (Å²) in [5.74, 6) is 1.25. The largest absolute Gasteiger partial charge is 0.454 e. The van der Waals surface area contributed by atoms with Gasteiger partial charge in [-0.05, 0) is 24.6 Å². The van der Waals surface area contributed by atoms with Crippen LogP contribution in [0.5, 0.6) is 11.5 Å². The van der Waals surface area contributed by atoms with Crippen molar-refractivity contribution in [2.24, 2.45) is 0 Å². The molecule has 1 atom stereocenters. The van der Waals surface area contributed by atoms with Crippen LogP contribution in [0.3, 0.4) is 0 Å². The molecule has 0 aliphatic carbocycles. The number of hydrogen-bond donors (Lipinski definition) is 0. The minimum absolute atomic E-state index is 0.132. The van der Waals surface area contributed by atoms with Gasteiger partial charge in [0.25, 0.3) is 5.56 Å². The van der Waals surface area contributed by atoms with Crippen LogP contribution in [0.2, 0.25) is 0 Å². The van der Waals surface area contributed by atoms with Gasteiger partial charge >= 0.3 is 0 Å². The Labute approximate surface area is 126 Å². The van der Waals surface area contributed by atoms with E-state index >= 15 is 0 Å². The van der Waals surface area contributed by atoms with E-state index < -0.39 is 0 Å². The number of ether oxygens (including phenoxy) is 2. The fourth-order valence-corrected chi connectivity index (χ4v) is 2.75. The number of rotatable bonds is 2. The second-order valence-electron chi connectivity index (χ2n) is 5.24. The molecule has 2 aromatic carbocycles. The standard InChI is InChI=1S/C17H14N2O3/c1-11(12-5-3-2-4-6-12)19-17(20)13-7-8-15-16(22-10-21-15)14(13)9-18-19/h2-9,11H,10H2,1H3. The predicted octanol–water partition coefficient (Wildman–Crippen LogP) is 2.73. The summed E-state index contributed by atoms with van der Waals surface area (Å²) < 4.78 is 12.3.